The van der Waals surface area contributed by atoms with Crippen LogP contribution in [-0.4, -0.2) is 19.7 Å². The van der Waals surface area contributed by atoms with Crippen LogP contribution in [0, 0.1) is 0 Å². The monoisotopic (exact) mass is 381 g/mol. The van der Waals surface area contributed by atoms with E-state index in [4.69, 9.17) is 34.8 Å². The Labute approximate surface area is 150 Å². The van der Waals surface area contributed by atoms with Crippen LogP contribution in [0.3, 0.4) is 0 Å². The molecule has 0 bridgehead atoms. The van der Waals surface area contributed by atoms with Crippen LogP contribution in [0.5, 0.6) is 0 Å². The summed E-state index contributed by atoms with van der Waals surface area (Å²) in [4.78, 5) is 14.2. The van der Waals surface area contributed by atoms with Crippen molar-refractivity contribution >= 4 is 58.5 Å². The molecule has 0 aromatic heterocycles. The van der Waals surface area contributed by atoms with E-state index in [1.807, 2.05) is 25.1 Å². The Kier molecular flexibility index (Phi) is 5.15. The second-order valence-corrected chi connectivity index (χ2v) is 10.2. The quantitative estimate of drug-likeness (QED) is 0.574. The largest absolute Gasteiger partial charge is 0.350 e. The number of hydrogen-bond donors (Lipinski definition) is 1. The molecule has 1 aliphatic heterocycles. The molecule has 4 nitrogen and oxygen atoms in total. The average molecular weight is 383 g/mol. The van der Waals surface area contributed by atoms with Gasteiger partial charge in [-0.15, -0.1) is 0 Å². The van der Waals surface area contributed by atoms with E-state index < -0.39 is 3.12 Å². The molecule has 1 aromatic carbocycles. The molecule has 0 saturated carbocycles. The maximum atomic E-state index is 12.5. The Morgan fingerprint density at radius 2 is 1.86 bits per heavy atom. The minimum absolute atomic E-state index is 0.00144. The SMILES string of the molecule is CC1NN(SC(Cl)(Cl)Cl)C(=O)N1c1cccc(C(C)(C)C)c1. The molecule has 1 aliphatic rings. The lowest BCUT2D eigenvalue weighted by molar-refractivity contribution is 0.236. The summed E-state index contributed by atoms with van der Waals surface area (Å²) in [6.07, 6.45) is -0.234. The van der Waals surface area contributed by atoms with Gasteiger partial charge in [-0.3, -0.25) is 4.90 Å². The highest BCUT2D eigenvalue weighted by Gasteiger charge is 2.40. The lowest BCUT2D eigenvalue weighted by Crippen LogP contribution is -2.34. The molecule has 1 aromatic rings. The van der Waals surface area contributed by atoms with Gasteiger partial charge in [0.1, 0.15) is 6.17 Å². The van der Waals surface area contributed by atoms with Crippen molar-refractivity contribution < 1.29 is 4.79 Å². The summed E-state index contributed by atoms with van der Waals surface area (Å²) in [5.41, 5.74) is 4.95. The number of amides is 2. The number of halogens is 3. The first kappa shape index (κ1) is 18.0. The third-order valence-corrected chi connectivity index (χ3v) is 4.53. The van der Waals surface area contributed by atoms with Gasteiger partial charge in [0.05, 0.1) is 0 Å². The summed E-state index contributed by atoms with van der Waals surface area (Å²) in [5, 5.41) is 0. The van der Waals surface area contributed by atoms with Gasteiger partial charge in [0.25, 0.3) is 3.12 Å². The van der Waals surface area contributed by atoms with E-state index >= 15 is 0 Å². The molecule has 0 spiro atoms. The van der Waals surface area contributed by atoms with Crippen molar-refractivity contribution in [2.75, 3.05) is 4.90 Å². The van der Waals surface area contributed by atoms with Crippen LogP contribution in [0.1, 0.15) is 33.3 Å². The second-order valence-electron chi connectivity index (χ2n) is 6.09. The molecule has 0 radical (unpaired) electrons. The fourth-order valence-corrected chi connectivity index (χ4v) is 3.37. The van der Waals surface area contributed by atoms with Crippen LogP contribution in [0.15, 0.2) is 24.3 Å². The Morgan fingerprint density at radius 3 is 2.41 bits per heavy atom. The third kappa shape index (κ3) is 4.15. The van der Waals surface area contributed by atoms with Gasteiger partial charge in [0.2, 0.25) is 0 Å². The number of carbonyl (C=O) groups is 1. The number of urea groups is 1. The van der Waals surface area contributed by atoms with Crippen molar-refractivity contribution in [2.45, 2.75) is 42.4 Å². The number of hydrazine groups is 1. The molecule has 8 heteroatoms. The first-order chi connectivity index (χ1) is 9.99. The van der Waals surface area contributed by atoms with Crippen LogP contribution in [-0.2, 0) is 5.41 Å². The molecule has 1 fully saturated rings. The van der Waals surface area contributed by atoms with Crippen molar-refractivity contribution in [3.8, 4) is 0 Å². The average Bonchev–Trinajstić information content (AvgIpc) is 2.61. The van der Waals surface area contributed by atoms with Crippen molar-refractivity contribution in [3.05, 3.63) is 29.8 Å². The summed E-state index contributed by atoms with van der Waals surface area (Å²) in [6, 6.07) is 7.64. The van der Waals surface area contributed by atoms with E-state index in [0.29, 0.717) is 0 Å². The van der Waals surface area contributed by atoms with Gasteiger partial charge in [-0.2, -0.15) is 9.84 Å². The smallest absolute Gasteiger partial charge is 0.275 e. The zero-order valence-corrected chi connectivity index (χ0v) is 15.8. The molecular formula is C14H18Cl3N3OS. The molecule has 1 unspecified atom stereocenters. The first-order valence-electron chi connectivity index (χ1n) is 6.75. The summed E-state index contributed by atoms with van der Waals surface area (Å²) in [5.74, 6) is 0. The fraction of sp³-hybridized carbons (Fsp3) is 0.500. The number of hydrogen-bond acceptors (Lipinski definition) is 3. The number of alkyl halides is 3. The lowest BCUT2D eigenvalue weighted by atomic mass is 9.87. The Bertz CT molecular complexity index is 571. The topological polar surface area (TPSA) is 35.6 Å². The van der Waals surface area contributed by atoms with Crippen LogP contribution in [0.25, 0.3) is 0 Å². The van der Waals surface area contributed by atoms with Gasteiger partial charge in [-0.25, -0.2) is 4.79 Å². The fourth-order valence-electron chi connectivity index (χ4n) is 2.17. The van der Waals surface area contributed by atoms with Gasteiger partial charge in [-0.1, -0.05) is 67.7 Å². The third-order valence-electron chi connectivity index (χ3n) is 3.26. The Morgan fingerprint density at radius 1 is 1.23 bits per heavy atom. The number of nitrogens with zero attached hydrogens (tertiary/aromatic N) is 2. The number of carbonyl (C=O) groups excluding carboxylic acids is 1. The summed E-state index contributed by atoms with van der Waals surface area (Å²) < 4.78 is -0.354. The van der Waals surface area contributed by atoms with E-state index in [2.05, 4.69) is 32.3 Å². The van der Waals surface area contributed by atoms with Gasteiger partial charge in [-0.05, 0) is 30.0 Å². The summed E-state index contributed by atoms with van der Waals surface area (Å²) in [6.45, 7) is 8.26. The van der Waals surface area contributed by atoms with Crippen molar-refractivity contribution in [1.82, 2.24) is 9.84 Å². The highest BCUT2D eigenvalue weighted by Crippen LogP contribution is 2.42. The van der Waals surface area contributed by atoms with Gasteiger partial charge >= 0.3 is 6.03 Å². The van der Waals surface area contributed by atoms with Gasteiger partial charge < -0.3 is 0 Å². The Hall–Kier alpha value is -0.330. The summed E-state index contributed by atoms with van der Waals surface area (Å²) >= 11 is 18.1. The van der Waals surface area contributed by atoms with Crippen molar-refractivity contribution in [2.24, 2.45) is 0 Å². The predicted octanol–water partition coefficient (Wildman–Crippen LogP) is 5.05. The maximum Gasteiger partial charge on any atom is 0.350 e. The van der Waals surface area contributed by atoms with E-state index in [-0.39, 0.29) is 17.6 Å². The van der Waals surface area contributed by atoms with Crippen LogP contribution < -0.4 is 10.3 Å². The van der Waals surface area contributed by atoms with Crippen molar-refractivity contribution in [3.63, 3.8) is 0 Å². The van der Waals surface area contributed by atoms with Crippen LogP contribution >= 0.6 is 46.8 Å². The molecular weight excluding hydrogens is 365 g/mol. The normalized spacial score (nSPS) is 20.0. The minimum Gasteiger partial charge on any atom is -0.275 e. The number of anilines is 1. The summed E-state index contributed by atoms with van der Waals surface area (Å²) in [7, 11) is 0. The van der Waals surface area contributed by atoms with E-state index in [0.717, 1.165) is 23.2 Å². The van der Waals surface area contributed by atoms with Gasteiger partial charge in [0.15, 0.2) is 0 Å². The highest BCUT2D eigenvalue weighted by molar-refractivity contribution is 8.03. The molecule has 2 rings (SSSR count). The zero-order valence-electron chi connectivity index (χ0n) is 12.7. The number of nitrogens with one attached hydrogen (secondary N) is 1. The number of benzene rings is 1. The first-order valence-corrected chi connectivity index (χ1v) is 8.66. The maximum absolute atomic E-state index is 12.5. The molecule has 1 atom stereocenters. The van der Waals surface area contributed by atoms with Crippen LogP contribution in [0.4, 0.5) is 10.5 Å². The molecule has 0 aliphatic carbocycles. The predicted molar refractivity (Wildman–Crippen MR) is 95.3 cm³/mol. The lowest BCUT2D eigenvalue weighted by Gasteiger charge is -2.24. The van der Waals surface area contributed by atoms with Crippen molar-refractivity contribution in [1.29, 1.82) is 0 Å². The van der Waals surface area contributed by atoms with E-state index in [1.165, 1.54) is 4.41 Å². The van der Waals surface area contributed by atoms with E-state index in [9.17, 15) is 4.79 Å². The second kappa shape index (κ2) is 6.29. The molecule has 1 heterocycles. The minimum atomic E-state index is -1.61. The van der Waals surface area contributed by atoms with Crippen LogP contribution in [0.2, 0.25) is 0 Å². The Balaban J connectivity index is 2.28. The molecule has 1 N–H and O–H groups in total. The van der Waals surface area contributed by atoms with E-state index in [1.54, 1.807) is 4.90 Å². The highest BCUT2D eigenvalue weighted by atomic mass is 35.6. The molecule has 22 heavy (non-hydrogen) atoms. The van der Waals surface area contributed by atoms with Gasteiger partial charge in [0, 0.05) is 17.6 Å². The molecule has 1 saturated heterocycles. The standard InChI is InChI=1S/C14H18Cl3N3OS/c1-9-18-20(22-14(15,16)17)12(21)19(9)11-7-5-6-10(8-11)13(2,3)4/h5-9,18H,1-4H3. The zero-order chi connectivity index (χ0) is 16.7. The number of rotatable bonds is 2. The molecule has 122 valence electrons. The molecule has 2 amide bonds.